The van der Waals surface area contributed by atoms with Gasteiger partial charge >= 0.3 is 5.97 Å². The quantitative estimate of drug-likeness (QED) is 0.817. The molecule has 0 aliphatic carbocycles. The molecule has 0 aliphatic heterocycles. The smallest absolute Gasteiger partial charge is 0.316 e. The number of rotatable bonds is 3. The number of aromatic amines is 1. The number of H-pyrrole nitrogens is 1. The highest BCUT2D eigenvalue weighted by Crippen LogP contribution is 2.22. The van der Waals surface area contributed by atoms with Crippen LogP contribution in [0.1, 0.15) is 6.92 Å². The topological polar surface area (TPSA) is 70.2 Å². The van der Waals surface area contributed by atoms with E-state index >= 15 is 0 Å². The molecule has 0 saturated heterocycles. The van der Waals surface area contributed by atoms with Crippen molar-refractivity contribution in [1.82, 2.24) is 4.98 Å². The number of benzene rings is 1. The third-order valence-corrected chi connectivity index (χ3v) is 3.41. The first kappa shape index (κ1) is 11.7. The second kappa shape index (κ2) is 4.63. The van der Waals surface area contributed by atoms with Crippen LogP contribution in [-0.4, -0.2) is 21.3 Å². The lowest BCUT2D eigenvalue weighted by Gasteiger charge is -2.06. The molecule has 2 N–H and O–H groups in total. The molecule has 17 heavy (non-hydrogen) atoms. The molecular formula is C12H11NO3S. The minimum atomic E-state index is -0.899. The Bertz CT molecular complexity index is 620. The Labute approximate surface area is 102 Å². The van der Waals surface area contributed by atoms with Crippen molar-refractivity contribution in [3.63, 3.8) is 0 Å². The van der Waals surface area contributed by atoms with Crippen molar-refractivity contribution >= 4 is 28.5 Å². The van der Waals surface area contributed by atoms with Gasteiger partial charge in [-0.1, -0.05) is 30.0 Å². The van der Waals surface area contributed by atoms with Crippen LogP contribution in [0.15, 0.2) is 40.2 Å². The predicted octanol–water partition coefficient (Wildman–Crippen LogP) is 2.09. The summed E-state index contributed by atoms with van der Waals surface area (Å²) in [5, 5.41) is 10.2. The van der Waals surface area contributed by atoms with E-state index in [4.69, 9.17) is 5.11 Å². The molecule has 88 valence electrons. The molecule has 1 atom stereocenters. The number of fused-ring (bicyclic) bond motifs is 1. The molecule has 0 fully saturated rings. The molecule has 4 nitrogen and oxygen atoms in total. The Hall–Kier alpha value is -1.75. The SMILES string of the molecule is CC(Sc1cc2ccccc2c(=O)[nH]1)C(=O)O. The zero-order valence-corrected chi connectivity index (χ0v) is 9.95. The number of aliphatic carboxylic acids is 1. The van der Waals surface area contributed by atoms with Crippen LogP contribution in [0.5, 0.6) is 0 Å². The second-order valence-corrected chi connectivity index (χ2v) is 5.03. The van der Waals surface area contributed by atoms with Crippen LogP contribution in [0.4, 0.5) is 0 Å². The highest BCUT2D eigenvalue weighted by atomic mass is 32.2. The Balaban J connectivity index is 2.44. The monoisotopic (exact) mass is 249 g/mol. The van der Waals surface area contributed by atoms with Gasteiger partial charge in [0.25, 0.3) is 5.56 Å². The maximum absolute atomic E-state index is 11.7. The van der Waals surface area contributed by atoms with Gasteiger partial charge in [0, 0.05) is 5.39 Å². The molecule has 1 unspecified atom stereocenters. The first-order valence-electron chi connectivity index (χ1n) is 5.09. The van der Waals surface area contributed by atoms with E-state index in [1.165, 1.54) is 0 Å². The molecule has 0 amide bonds. The van der Waals surface area contributed by atoms with Crippen LogP contribution in [0.3, 0.4) is 0 Å². The van der Waals surface area contributed by atoms with Gasteiger partial charge in [-0.25, -0.2) is 0 Å². The molecule has 1 aromatic heterocycles. The lowest BCUT2D eigenvalue weighted by atomic mass is 10.2. The van der Waals surface area contributed by atoms with E-state index in [2.05, 4.69) is 4.98 Å². The first-order valence-corrected chi connectivity index (χ1v) is 5.97. The van der Waals surface area contributed by atoms with Crippen molar-refractivity contribution in [2.24, 2.45) is 0 Å². The molecule has 0 saturated carbocycles. The van der Waals surface area contributed by atoms with E-state index < -0.39 is 11.2 Å². The predicted molar refractivity (Wildman–Crippen MR) is 67.5 cm³/mol. The summed E-state index contributed by atoms with van der Waals surface area (Å²) in [5.74, 6) is -0.899. The number of nitrogens with one attached hydrogen (secondary N) is 1. The summed E-state index contributed by atoms with van der Waals surface area (Å²) in [5.41, 5.74) is -0.191. The number of hydrogen-bond acceptors (Lipinski definition) is 3. The van der Waals surface area contributed by atoms with Crippen LogP contribution in [0.2, 0.25) is 0 Å². The van der Waals surface area contributed by atoms with E-state index in [0.717, 1.165) is 17.1 Å². The summed E-state index contributed by atoms with van der Waals surface area (Å²) >= 11 is 1.13. The van der Waals surface area contributed by atoms with E-state index in [9.17, 15) is 9.59 Å². The van der Waals surface area contributed by atoms with Crippen molar-refractivity contribution in [3.8, 4) is 0 Å². The number of pyridine rings is 1. The third kappa shape index (κ3) is 2.50. The largest absolute Gasteiger partial charge is 0.480 e. The van der Waals surface area contributed by atoms with Crippen molar-refractivity contribution in [2.45, 2.75) is 17.2 Å². The Morgan fingerprint density at radius 1 is 1.41 bits per heavy atom. The maximum Gasteiger partial charge on any atom is 0.316 e. The van der Waals surface area contributed by atoms with Crippen LogP contribution in [-0.2, 0) is 4.79 Å². The standard InChI is InChI=1S/C12H11NO3S/c1-7(12(15)16)17-10-6-8-4-2-3-5-9(8)11(14)13-10/h2-7H,1H3,(H,13,14)(H,15,16). The number of carbonyl (C=O) groups is 1. The zero-order valence-electron chi connectivity index (χ0n) is 9.14. The zero-order chi connectivity index (χ0) is 12.4. The number of hydrogen-bond donors (Lipinski definition) is 2. The minimum Gasteiger partial charge on any atom is -0.480 e. The first-order chi connectivity index (χ1) is 8.08. The molecule has 0 spiro atoms. The normalized spacial score (nSPS) is 12.5. The third-order valence-electron chi connectivity index (χ3n) is 2.38. The van der Waals surface area contributed by atoms with Crippen molar-refractivity contribution in [2.75, 3.05) is 0 Å². The average molecular weight is 249 g/mol. The van der Waals surface area contributed by atoms with Crippen molar-refractivity contribution in [3.05, 3.63) is 40.7 Å². The fourth-order valence-corrected chi connectivity index (χ4v) is 2.32. The fraction of sp³-hybridized carbons (Fsp3) is 0.167. The average Bonchev–Trinajstić information content (AvgIpc) is 2.29. The number of thioether (sulfide) groups is 1. The van der Waals surface area contributed by atoms with Gasteiger partial charge in [0.05, 0.1) is 5.03 Å². The molecule has 1 heterocycles. The fourth-order valence-electron chi connectivity index (χ4n) is 1.49. The van der Waals surface area contributed by atoms with Crippen LogP contribution < -0.4 is 5.56 Å². The van der Waals surface area contributed by atoms with E-state index in [0.29, 0.717) is 10.4 Å². The Kier molecular flexibility index (Phi) is 3.19. The summed E-state index contributed by atoms with van der Waals surface area (Å²) in [6.45, 7) is 1.58. The maximum atomic E-state index is 11.7. The van der Waals surface area contributed by atoms with Crippen molar-refractivity contribution < 1.29 is 9.90 Å². The van der Waals surface area contributed by atoms with E-state index in [-0.39, 0.29) is 5.56 Å². The van der Waals surface area contributed by atoms with Gasteiger partial charge in [-0.05, 0) is 24.4 Å². The molecule has 0 radical (unpaired) electrons. The molecule has 0 bridgehead atoms. The van der Waals surface area contributed by atoms with Crippen LogP contribution in [0, 0.1) is 0 Å². The van der Waals surface area contributed by atoms with Gasteiger partial charge in [0.2, 0.25) is 0 Å². The van der Waals surface area contributed by atoms with Crippen LogP contribution in [0.25, 0.3) is 10.8 Å². The summed E-state index contributed by atoms with van der Waals surface area (Å²) in [4.78, 5) is 25.2. The summed E-state index contributed by atoms with van der Waals surface area (Å²) in [6, 6.07) is 9.01. The lowest BCUT2D eigenvalue weighted by Crippen LogP contribution is -2.13. The van der Waals surface area contributed by atoms with E-state index in [1.807, 2.05) is 12.1 Å². The van der Waals surface area contributed by atoms with Gasteiger partial charge in [-0.15, -0.1) is 0 Å². The summed E-state index contributed by atoms with van der Waals surface area (Å²) in [7, 11) is 0. The Morgan fingerprint density at radius 2 is 2.12 bits per heavy atom. The Morgan fingerprint density at radius 3 is 2.82 bits per heavy atom. The van der Waals surface area contributed by atoms with Gasteiger partial charge in [0.15, 0.2) is 0 Å². The van der Waals surface area contributed by atoms with Crippen LogP contribution >= 0.6 is 11.8 Å². The molecule has 2 aromatic rings. The molecular weight excluding hydrogens is 238 g/mol. The summed E-state index contributed by atoms with van der Waals surface area (Å²) < 4.78 is 0. The molecule has 2 rings (SSSR count). The second-order valence-electron chi connectivity index (χ2n) is 3.65. The van der Waals surface area contributed by atoms with Gasteiger partial charge in [0.1, 0.15) is 5.25 Å². The highest BCUT2D eigenvalue weighted by molar-refractivity contribution is 8.00. The molecule has 1 aromatic carbocycles. The molecule has 0 aliphatic rings. The van der Waals surface area contributed by atoms with Crippen molar-refractivity contribution in [1.29, 1.82) is 0 Å². The van der Waals surface area contributed by atoms with Gasteiger partial charge < -0.3 is 10.1 Å². The van der Waals surface area contributed by atoms with E-state index in [1.54, 1.807) is 25.1 Å². The number of aromatic nitrogens is 1. The molecule has 5 heteroatoms. The highest BCUT2D eigenvalue weighted by Gasteiger charge is 2.13. The lowest BCUT2D eigenvalue weighted by molar-refractivity contribution is -0.136. The van der Waals surface area contributed by atoms with Gasteiger partial charge in [-0.2, -0.15) is 0 Å². The van der Waals surface area contributed by atoms with Gasteiger partial charge in [-0.3, -0.25) is 9.59 Å². The summed E-state index contributed by atoms with van der Waals surface area (Å²) in [6.07, 6.45) is 0. The number of carboxylic acid groups (broad SMARTS) is 1. The minimum absolute atomic E-state index is 0.191. The number of carboxylic acids is 1.